The first-order valence-corrected chi connectivity index (χ1v) is 7.24. The maximum atomic E-state index is 5.86. The third-order valence-corrected chi connectivity index (χ3v) is 4.06. The van der Waals surface area contributed by atoms with Crippen LogP contribution in [0.5, 0.6) is 0 Å². The highest BCUT2D eigenvalue weighted by molar-refractivity contribution is 4.99. The van der Waals surface area contributed by atoms with E-state index in [9.17, 15) is 0 Å². The van der Waals surface area contributed by atoms with Gasteiger partial charge in [0.05, 0.1) is 0 Å². The van der Waals surface area contributed by atoms with Gasteiger partial charge in [0.2, 0.25) is 11.7 Å². The molecule has 0 amide bonds. The van der Waals surface area contributed by atoms with Crippen molar-refractivity contribution in [2.45, 2.75) is 52.6 Å². The molecule has 0 aliphatic heterocycles. The van der Waals surface area contributed by atoms with Gasteiger partial charge in [-0.2, -0.15) is 4.98 Å². The number of hydrogen-bond acceptors (Lipinski definition) is 5. The Balaban J connectivity index is 2.05. The SMILES string of the molecule is CCOC(c1noc(CC2(CN)CCC2)n1)C(C)C. The van der Waals surface area contributed by atoms with E-state index >= 15 is 0 Å². The Morgan fingerprint density at radius 1 is 1.42 bits per heavy atom. The second kappa shape index (κ2) is 6.01. The Hall–Kier alpha value is -0.940. The summed E-state index contributed by atoms with van der Waals surface area (Å²) in [5.41, 5.74) is 6.06. The molecule has 19 heavy (non-hydrogen) atoms. The predicted molar refractivity (Wildman–Crippen MR) is 72.5 cm³/mol. The van der Waals surface area contributed by atoms with Crippen LogP contribution in [0.25, 0.3) is 0 Å². The van der Waals surface area contributed by atoms with Crippen LogP contribution >= 0.6 is 0 Å². The fourth-order valence-corrected chi connectivity index (χ4v) is 2.65. The lowest BCUT2D eigenvalue weighted by Crippen LogP contribution is -2.39. The summed E-state index contributed by atoms with van der Waals surface area (Å²) in [5, 5.41) is 4.08. The molecule has 5 nitrogen and oxygen atoms in total. The van der Waals surface area contributed by atoms with Gasteiger partial charge in [-0.1, -0.05) is 25.4 Å². The van der Waals surface area contributed by atoms with Crippen molar-refractivity contribution >= 4 is 0 Å². The molecule has 1 aliphatic rings. The molecular formula is C14H25N3O2. The number of nitrogens with zero attached hydrogens (tertiary/aromatic N) is 2. The Kier molecular flexibility index (Phi) is 4.58. The van der Waals surface area contributed by atoms with Gasteiger partial charge in [0.25, 0.3) is 0 Å². The van der Waals surface area contributed by atoms with Crippen LogP contribution in [0.3, 0.4) is 0 Å². The lowest BCUT2D eigenvalue weighted by atomic mass is 9.67. The lowest BCUT2D eigenvalue weighted by Gasteiger charge is -2.39. The average molecular weight is 267 g/mol. The van der Waals surface area contributed by atoms with E-state index in [1.54, 1.807) is 0 Å². The molecule has 108 valence electrons. The second-order valence-electron chi connectivity index (χ2n) is 5.90. The van der Waals surface area contributed by atoms with Gasteiger partial charge in [0.1, 0.15) is 6.10 Å². The summed E-state index contributed by atoms with van der Waals surface area (Å²) in [7, 11) is 0. The average Bonchev–Trinajstić information content (AvgIpc) is 2.78. The Bertz CT molecular complexity index is 394. The van der Waals surface area contributed by atoms with Gasteiger partial charge < -0.3 is 15.0 Å². The monoisotopic (exact) mass is 267 g/mol. The zero-order valence-corrected chi connectivity index (χ0v) is 12.2. The summed E-state index contributed by atoms with van der Waals surface area (Å²) in [4.78, 5) is 4.51. The van der Waals surface area contributed by atoms with Gasteiger partial charge in [-0.25, -0.2) is 0 Å². The van der Waals surface area contributed by atoms with Crippen molar-refractivity contribution in [3.05, 3.63) is 11.7 Å². The first kappa shape index (κ1) is 14.5. The van der Waals surface area contributed by atoms with Crippen molar-refractivity contribution in [2.24, 2.45) is 17.1 Å². The van der Waals surface area contributed by atoms with Crippen molar-refractivity contribution in [3.8, 4) is 0 Å². The van der Waals surface area contributed by atoms with Gasteiger partial charge in [-0.05, 0) is 37.6 Å². The molecule has 0 bridgehead atoms. The van der Waals surface area contributed by atoms with Crippen LogP contribution in [0.15, 0.2) is 4.52 Å². The van der Waals surface area contributed by atoms with Crippen LogP contribution < -0.4 is 5.73 Å². The van der Waals surface area contributed by atoms with Crippen molar-refractivity contribution in [1.29, 1.82) is 0 Å². The molecule has 0 aromatic carbocycles. The highest BCUT2D eigenvalue weighted by Gasteiger charge is 2.37. The van der Waals surface area contributed by atoms with E-state index in [1.165, 1.54) is 19.3 Å². The summed E-state index contributed by atoms with van der Waals surface area (Å²) in [6.07, 6.45) is 4.30. The van der Waals surface area contributed by atoms with Gasteiger partial charge in [-0.3, -0.25) is 0 Å². The molecule has 1 atom stereocenters. The van der Waals surface area contributed by atoms with E-state index in [4.69, 9.17) is 15.0 Å². The fraction of sp³-hybridized carbons (Fsp3) is 0.857. The standard InChI is InChI=1S/C14H25N3O2/c1-4-18-12(10(2)3)13-16-11(19-17-13)8-14(9-15)6-5-7-14/h10,12H,4-9,15H2,1-3H3. The molecule has 1 fully saturated rings. The molecule has 2 rings (SSSR count). The van der Waals surface area contributed by atoms with Crippen LogP contribution in [0, 0.1) is 11.3 Å². The number of aromatic nitrogens is 2. The quantitative estimate of drug-likeness (QED) is 0.821. The minimum absolute atomic E-state index is 0.0854. The van der Waals surface area contributed by atoms with Gasteiger partial charge in [0, 0.05) is 13.0 Å². The van der Waals surface area contributed by atoms with Crippen molar-refractivity contribution < 1.29 is 9.26 Å². The molecule has 5 heteroatoms. The predicted octanol–water partition coefficient (Wildman–Crippen LogP) is 2.47. The van der Waals surface area contributed by atoms with E-state index in [2.05, 4.69) is 24.0 Å². The highest BCUT2D eigenvalue weighted by atomic mass is 16.5. The maximum absolute atomic E-state index is 5.86. The van der Waals surface area contributed by atoms with E-state index < -0.39 is 0 Å². The van der Waals surface area contributed by atoms with Crippen LogP contribution in [-0.2, 0) is 11.2 Å². The van der Waals surface area contributed by atoms with E-state index in [0.717, 1.165) is 6.42 Å². The molecule has 1 saturated carbocycles. The first-order chi connectivity index (χ1) is 9.10. The molecule has 2 N–H and O–H groups in total. The molecule has 0 radical (unpaired) electrons. The largest absolute Gasteiger partial charge is 0.370 e. The van der Waals surface area contributed by atoms with Crippen molar-refractivity contribution in [2.75, 3.05) is 13.2 Å². The number of nitrogens with two attached hydrogens (primary N) is 1. The molecule has 1 aromatic heterocycles. The zero-order chi connectivity index (χ0) is 13.9. The van der Waals surface area contributed by atoms with Crippen molar-refractivity contribution in [1.82, 2.24) is 10.1 Å². The molecule has 1 heterocycles. The van der Waals surface area contributed by atoms with Gasteiger partial charge in [-0.15, -0.1) is 0 Å². The molecule has 1 unspecified atom stereocenters. The van der Waals surface area contributed by atoms with Crippen LogP contribution in [-0.4, -0.2) is 23.3 Å². The molecule has 0 spiro atoms. The van der Waals surface area contributed by atoms with Crippen molar-refractivity contribution in [3.63, 3.8) is 0 Å². The molecule has 1 aromatic rings. The zero-order valence-electron chi connectivity index (χ0n) is 12.2. The molecule has 0 saturated heterocycles. The van der Waals surface area contributed by atoms with E-state index in [0.29, 0.717) is 30.8 Å². The summed E-state index contributed by atoms with van der Waals surface area (Å²) in [6.45, 7) is 7.53. The Morgan fingerprint density at radius 3 is 2.63 bits per heavy atom. The number of rotatable bonds is 7. The highest BCUT2D eigenvalue weighted by Crippen LogP contribution is 2.42. The van der Waals surface area contributed by atoms with Gasteiger partial charge >= 0.3 is 0 Å². The summed E-state index contributed by atoms with van der Waals surface area (Å²) < 4.78 is 11.1. The lowest BCUT2D eigenvalue weighted by molar-refractivity contribution is 0.0217. The summed E-state index contributed by atoms with van der Waals surface area (Å²) >= 11 is 0. The Labute approximate surface area is 114 Å². The van der Waals surface area contributed by atoms with Crippen LogP contribution in [0.1, 0.15) is 57.9 Å². The van der Waals surface area contributed by atoms with Crippen LogP contribution in [0.2, 0.25) is 0 Å². The topological polar surface area (TPSA) is 74.2 Å². The van der Waals surface area contributed by atoms with Gasteiger partial charge in [0.15, 0.2) is 0 Å². The fourth-order valence-electron chi connectivity index (χ4n) is 2.65. The summed E-state index contributed by atoms with van der Waals surface area (Å²) in [5.74, 6) is 1.70. The summed E-state index contributed by atoms with van der Waals surface area (Å²) in [6, 6.07) is 0. The second-order valence-corrected chi connectivity index (χ2v) is 5.90. The van der Waals surface area contributed by atoms with E-state index in [1.807, 2.05) is 6.92 Å². The van der Waals surface area contributed by atoms with E-state index in [-0.39, 0.29) is 11.5 Å². The van der Waals surface area contributed by atoms with Crippen LogP contribution in [0.4, 0.5) is 0 Å². The Morgan fingerprint density at radius 2 is 2.16 bits per heavy atom. The molecule has 1 aliphatic carbocycles. The smallest absolute Gasteiger partial charge is 0.227 e. The maximum Gasteiger partial charge on any atom is 0.227 e. The third kappa shape index (κ3) is 3.15. The minimum atomic E-state index is -0.0854. The molecular weight excluding hydrogens is 242 g/mol. The number of hydrogen-bond donors (Lipinski definition) is 1. The number of ether oxygens (including phenoxy) is 1. The first-order valence-electron chi connectivity index (χ1n) is 7.24. The minimum Gasteiger partial charge on any atom is -0.370 e. The third-order valence-electron chi connectivity index (χ3n) is 4.06. The normalized spacial score (nSPS) is 19.4.